The molecule has 1 fully saturated rings. The average molecular weight is 432 g/mol. The third-order valence-corrected chi connectivity index (χ3v) is 6.75. The van der Waals surface area contributed by atoms with E-state index < -0.39 is 0 Å². The molecule has 3 N–H and O–H groups in total. The summed E-state index contributed by atoms with van der Waals surface area (Å²) in [5, 5.41) is 4.55. The van der Waals surface area contributed by atoms with Crippen molar-refractivity contribution >= 4 is 11.6 Å². The molecule has 1 aliphatic carbocycles. The summed E-state index contributed by atoms with van der Waals surface area (Å²) in [6.45, 7) is 20.5. The van der Waals surface area contributed by atoms with Gasteiger partial charge in [-0.15, -0.1) is 0 Å². The molecule has 168 valence electrons. The Morgan fingerprint density at radius 3 is 2.60 bits per heavy atom. The Balaban J connectivity index is 1.88. The zero-order valence-electron chi connectivity index (χ0n) is 19.5. The predicted molar refractivity (Wildman–Crippen MR) is 132 cm³/mol. The molecule has 30 heavy (non-hydrogen) atoms. The minimum atomic E-state index is 0.282. The van der Waals surface area contributed by atoms with E-state index in [9.17, 15) is 0 Å². The van der Waals surface area contributed by atoms with Crippen LogP contribution in [0.4, 0.5) is 0 Å². The number of piperidine rings is 1. The summed E-state index contributed by atoms with van der Waals surface area (Å²) in [5.74, 6) is 1.16. The fraction of sp³-hybridized carbons (Fsp3) is 0.615. The first-order chi connectivity index (χ1) is 14.1. The molecule has 1 heterocycles. The Labute approximate surface area is 189 Å². The Morgan fingerprint density at radius 1 is 1.30 bits per heavy atom. The molecule has 2 rings (SSSR count). The van der Waals surface area contributed by atoms with Crippen molar-refractivity contribution in [2.75, 3.05) is 19.6 Å². The summed E-state index contributed by atoms with van der Waals surface area (Å²) >= 11 is 6.16. The van der Waals surface area contributed by atoms with Gasteiger partial charge in [-0.1, -0.05) is 76.3 Å². The fourth-order valence-electron chi connectivity index (χ4n) is 4.64. The van der Waals surface area contributed by atoms with Gasteiger partial charge in [0.2, 0.25) is 0 Å². The lowest BCUT2D eigenvalue weighted by Gasteiger charge is -2.45. The summed E-state index contributed by atoms with van der Waals surface area (Å²) in [7, 11) is 0. The number of hydrogen-bond donors (Lipinski definition) is 2. The van der Waals surface area contributed by atoms with Gasteiger partial charge in [0.05, 0.1) is 0 Å². The highest BCUT2D eigenvalue weighted by Gasteiger charge is 2.37. The van der Waals surface area contributed by atoms with Gasteiger partial charge < -0.3 is 11.1 Å². The van der Waals surface area contributed by atoms with Crippen LogP contribution in [-0.2, 0) is 0 Å². The number of nitrogens with zero attached hydrogens (tertiary/aromatic N) is 1. The molecule has 0 aromatic heterocycles. The van der Waals surface area contributed by atoms with E-state index in [1.54, 1.807) is 5.57 Å². The minimum absolute atomic E-state index is 0.282. The van der Waals surface area contributed by atoms with Crippen molar-refractivity contribution in [2.45, 2.75) is 65.8 Å². The molecule has 0 saturated carbocycles. The zero-order valence-corrected chi connectivity index (χ0v) is 20.3. The predicted octanol–water partition coefficient (Wildman–Crippen LogP) is 6.11. The maximum Gasteiger partial charge on any atom is 0.0464 e. The summed E-state index contributed by atoms with van der Waals surface area (Å²) in [6.07, 6.45) is 14.0. The second-order valence-corrected chi connectivity index (χ2v) is 10.5. The smallest absolute Gasteiger partial charge is 0.0464 e. The van der Waals surface area contributed by atoms with Crippen LogP contribution in [0.25, 0.3) is 0 Å². The summed E-state index contributed by atoms with van der Waals surface area (Å²) in [6, 6.07) is 0.290. The van der Waals surface area contributed by atoms with Gasteiger partial charge >= 0.3 is 0 Å². The maximum absolute atomic E-state index is 6.16. The van der Waals surface area contributed by atoms with E-state index in [2.05, 4.69) is 75.4 Å². The number of hydrogen-bond acceptors (Lipinski definition) is 3. The minimum Gasteiger partial charge on any atom is -0.403 e. The molecule has 1 aliphatic heterocycles. The normalized spacial score (nSPS) is 23.2. The summed E-state index contributed by atoms with van der Waals surface area (Å²) in [4.78, 5) is 2.59. The van der Waals surface area contributed by atoms with Gasteiger partial charge in [-0.2, -0.15) is 0 Å². The lowest BCUT2D eigenvalue weighted by Crippen LogP contribution is -2.46. The molecule has 2 atom stereocenters. The fourth-order valence-corrected chi connectivity index (χ4v) is 4.80. The van der Waals surface area contributed by atoms with Crippen LogP contribution < -0.4 is 11.1 Å². The third-order valence-electron chi connectivity index (χ3n) is 6.43. The van der Waals surface area contributed by atoms with E-state index in [1.165, 1.54) is 6.42 Å². The molecular formula is C26H42ClN3. The van der Waals surface area contributed by atoms with Gasteiger partial charge in [-0.3, -0.25) is 4.90 Å². The first-order valence-electron chi connectivity index (χ1n) is 11.4. The number of likely N-dealkylation sites (tertiary alicyclic amines) is 1. The number of nitrogens with one attached hydrogen (secondary N) is 1. The lowest BCUT2D eigenvalue weighted by atomic mass is 9.68. The van der Waals surface area contributed by atoms with Gasteiger partial charge in [0, 0.05) is 35.6 Å². The first kappa shape index (κ1) is 24.8. The number of nitrogens with two attached hydrogens (primary N) is 1. The number of halogens is 1. The molecule has 1 saturated heterocycles. The molecule has 0 spiro atoms. The maximum atomic E-state index is 6.16. The Morgan fingerprint density at radius 2 is 2.03 bits per heavy atom. The summed E-state index contributed by atoms with van der Waals surface area (Å²) in [5.41, 5.74) is 9.29. The lowest BCUT2D eigenvalue weighted by molar-refractivity contribution is 0.0800. The highest BCUT2D eigenvalue weighted by Crippen LogP contribution is 2.42. The van der Waals surface area contributed by atoms with E-state index in [1.807, 2.05) is 0 Å². The van der Waals surface area contributed by atoms with Crippen molar-refractivity contribution in [1.82, 2.24) is 10.2 Å². The van der Waals surface area contributed by atoms with Crippen LogP contribution in [0.15, 0.2) is 59.5 Å². The number of allylic oxidation sites excluding steroid dienone is 6. The van der Waals surface area contributed by atoms with E-state index in [-0.39, 0.29) is 11.5 Å². The Kier molecular flexibility index (Phi) is 9.31. The van der Waals surface area contributed by atoms with Crippen LogP contribution >= 0.6 is 11.6 Å². The van der Waals surface area contributed by atoms with Crippen molar-refractivity contribution in [3.05, 3.63) is 59.5 Å². The topological polar surface area (TPSA) is 41.3 Å². The first-order valence-corrected chi connectivity index (χ1v) is 11.8. The molecule has 1 unspecified atom stereocenters. The number of rotatable bonds is 10. The van der Waals surface area contributed by atoms with Crippen molar-refractivity contribution < 1.29 is 0 Å². The molecular weight excluding hydrogens is 390 g/mol. The standard InChI is InChI=1S/C26H42ClN3/c1-19(2)25(29-21(4)10-9-20(3)28)8-7-16-30-17-15-24(26(5,6)18-30)22-11-13-23(27)14-12-22/h7-8,11,13,19,24-25,29H,3-4,9-10,12,14-18,28H2,1-2,5-6H3/b8-7+/t24?,25-/m0/s1. The Bertz CT molecular complexity index is 699. The summed E-state index contributed by atoms with van der Waals surface area (Å²) < 4.78 is 0. The third kappa shape index (κ3) is 7.67. The van der Waals surface area contributed by atoms with Gasteiger partial charge in [0.25, 0.3) is 0 Å². The van der Waals surface area contributed by atoms with Gasteiger partial charge in [-0.25, -0.2) is 0 Å². The molecule has 0 aromatic rings. The van der Waals surface area contributed by atoms with E-state index in [0.29, 0.717) is 17.5 Å². The highest BCUT2D eigenvalue weighted by molar-refractivity contribution is 6.29. The van der Waals surface area contributed by atoms with Crippen LogP contribution in [0.2, 0.25) is 0 Å². The van der Waals surface area contributed by atoms with Crippen molar-refractivity contribution in [3.8, 4) is 0 Å². The molecule has 0 radical (unpaired) electrons. The SMILES string of the molecule is C=C(N)CCC(=C)N[C@@H](/C=C/CN1CCC(C2=CC=C(Cl)CC2)C(C)(C)C1)C(C)C. The van der Waals surface area contributed by atoms with Gasteiger partial charge in [0.15, 0.2) is 0 Å². The van der Waals surface area contributed by atoms with Crippen LogP contribution in [-0.4, -0.2) is 30.6 Å². The average Bonchev–Trinajstić information content (AvgIpc) is 2.66. The van der Waals surface area contributed by atoms with Crippen LogP contribution in [0.1, 0.15) is 59.8 Å². The van der Waals surface area contributed by atoms with Crippen LogP contribution in [0.3, 0.4) is 0 Å². The molecule has 3 nitrogen and oxygen atoms in total. The molecule has 0 amide bonds. The van der Waals surface area contributed by atoms with Gasteiger partial charge in [-0.05, 0) is 62.0 Å². The quantitative estimate of drug-likeness (QED) is 0.409. The second-order valence-electron chi connectivity index (χ2n) is 10.0. The van der Waals surface area contributed by atoms with Crippen molar-refractivity contribution in [3.63, 3.8) is 0 Å². The monoisotopic (exact) mass is 431 g/mol. The molecule has 2 aliphatic rings. The van der Waals surface area contributed by atoms with E-state index >= 15 is 0 Å². The Hall–Kier alpha value is -1.45. The largest absolute Gasteiger partial charge is 0.403 e. The van der Waals surface area contributed by atoms with Crippen molar-refractivity contribution in [1.29, 1.82) is 0 Å². The van der Waals surface area contributed by atoms with Gasteiger partial charge in [0.1, 0.15) is 0 Å². The second kappa shape index (κ2) is 11.2. The van der Waals surface area contributed by atoms with E-state index in [0.717, 1.165) is 56.0 Å². The zero-order chi connectivity index (χ0) is 22.3. The molecule has 4 heteroatoms. The van der Waals surface area contributed by atoms with Crippen molar-refractivity contribution in [2.24, 2.45) is 23.0 Å². The van der Waals surface area contributed by atoms with Crippen LogP contribution in [0, 0.1) is 17.3 Å². The van der Waals surface area contributed by atoms with Crippen LogP contribution in [0.5, 0.6) is 0 Å². The molecule has 0 aromatic carbocycles. The molecule has 0 bridgehead atoms. The van der Waals surface area contributed by atoms with E-state index in [4.69, 9.17) is 17.3 Å². The highest BCUT2D eigenvalue weighted by atomic mass is 35.5.